The monoisotopic (exact) mass is 229 g/mol. The Balaban J connectivity index is 2.33. The highest BCUT2D eigenvalue weighted by Gasteiger charge is 1.99. The Hall–Kier alpha value is -0.540. The first-order chi connectivity index (χ1) is 5.83. The zero-order valence-electron chi connectivity index (χ0n) is 6.70. The van der Waals surface area contributed by atoms with Gasteiger partial charge in [0.1, 0.15) is 0 Å². The summed E-state index contributed by atoms with van der Waals surface area (Å²) in [6, 6.07) is 9.83. The van der Waals surface area contributed by atoms with Crippen molar-refractivity contribution >= 4 is 21.6 Å². The molecule has 1 unspecified atom stereocenters. The van der Waals surface area contributed by atoms with Crippen LogP contribution in [0.3, 0.4) is 0 Å². The molecule has 1 aromatic rings. The van der Waals surface area contributed by atoms with Gasteiger partial charge in [0.05, 0.1) is 6.10 Å². The average Bonchev–Trinajstić information content (AvgIpc) is 2.16. The maximum atomic E-state index is 9.21. The largest absolute Gasteiger partial charge is 0.390 e. The second-order valence-electron chi connectivity index (χ2n) is 2.56. The number of para-hydroxylation sites is 1. The van der Waals surface area contributed by atoms with Crippen LogP contribution in [0.25, 0.3) is 0 Å². The van der Waals surface area contributed by atoms with Gasteiger partial charge in [-0.3, -0.25) is 0 Å². The van der Waals surface area contributed by atoms with Crippen molar-refractivity contribution in [2.45, 2.75) is 6.10 Å². The zero-order valence-corrected chi connectivity index (χ0v) is 8.29. The third kappa shape index (κ3) is 3.24. The van der Waals surface area contributed by atoms with Crippen molar-refractivity contribution < 1.29 is 5.11 Å². The minimum atomic E-state index is -0.329. The van der Waals surface area contributed by atoms with Gasteiger partial charge in [0.2, 0.25) is 0 Å². The van der Waals surface area contributed by atoms with Crippen LogP contribution in [0.2, 0.25) is 0 Å². The van der Waals surface area contributed by atoms with Gasteiger partial charge < -0.3 is 10.4 Å². The van der Waals surface area contributed by atoms with Crippen molar-refractivity contribution in [1.29, 1.82) is 0 Å². The van der Waals surface area contributed by atoms with Gasteiger partial charge in [-0.15, -0.1) is 0 Å². The van der Waals surface area contributed by atoms with Crippen molar-refractivity contribution in [2.75, 3.05) is 17.2 Å². The number of halogens is 1. The molecular formula is C9H12BrNO. The van der Waals surface area contributed by atoms with E-state index in [-0.39, 0.29) is 6.10 Å². The summed E-state index contributed by atoms with van der Waals surface area (Å²) in [6.45, 7) is 0.579. The summed E-state index contributed by atoms with van der Waals surface area (Å²) in [7, 11) is 0. The number of rotatable bonds is 4. The maximum Gasteiger partial charge on any atom is 0.0809 e. The summed E-state index contributed by atoms with van der Waals surface area (Å²) in [4.78, 5) is 0. The molecule has 12 heavy (non-hydrogen) atoms. The van der Waals surface area contributed by atoms with E-state index in [1.165, 1.54) is 0 Å². The lowest BCUT2D eigenvalue weighted by atomic mass is 10.3. The number of nitrogens with one attached hydrogen (secondary N) is 1. The summed E-state index contributed by atoms with van der Waals surface area (Å²) in [5.41, 5.74) is 1.04. The first-order valence-corrected chi connectivity index (χ1v) is 4.98. The average molecular weight is 230 g/mol. The summed E-state index contributed by atoms with van der Waals surface area (Å²) in [5, 5.41) is 12.9. The summed E-state index contributed by atoms with van der Waals surface area (Å²) in [5.74, 6) is 0. The van der Waals surface area contributed by atoms with Gasteiger partial charge in [-0.2, -0.15) is 0 Å². The molecule has 3 heteroatoms. The van der Waals surface area contributed by atoms with Gasteiger partial charge in [0.25, 0.3) is 0 Å². The van der Waals surface area contributed by atoms with Gasteiger partial charge in [-0.05, 0) is 12.1 Å². The second-order valence-corrected chi connectivity index (χ2v) is 3.20. The smallest absolute Gasteiger partial charge is 0.0809 e. The van der Waals surface area contributed by atoms with Crippen molar-refractivity contribution in [1.82, 2.24) is 0 Å². The standard InChI is InChI=1S/C9H12BrNO/c10-6-9(12)7-11-8-4-2-1-3-5-8/h1-5,9,11-12H,6-7H2. The second kappa shape index (κ2) is 5.17. The van der Waals surface area contributed by atoms with Gasteiger partial charge in [-0.1, -0.05) is 34.1 Å². The molecule has 0 aliphatic heterocycles. The van der Waals surface area contributed by atoms with Crippen LogP contribution in [0, 0.1) is 0 Å². The van der Waals surface area contributed by atoms with Crippen LogP contribution < -0.4 is 5.32 Å². The Morgan fingerprint density at radius 1 is 1.33 bits per heavy atom. The number of aliphatic hydroxyl groups excluding tert-OH is 1. The topological polar surface area (TPSA) is 32.3 Å². The molecule has 66 valence electrons. The first-order valence-electron chi connectivity index (χ1n) is 3.86. The Labute approximate surface area is 80.7 Å². The molecule has 0 aromatic heterocycles. The van der Waals surface area contributed by atoms with Gasteiger partial charge in [0, 0.05) is 17.6 Å². The lowest BCUT2D eigenvalue weighted by Crippen LogP contribution is -2.20. The Kier molecular flexibility index (Phi) is 4.11. The zero-order chi connectivity index (χ0) is 8.81. The molecule has 0 aliphatic carbocycles. The molecule has 0 radical (unpaired) electrons. The molecular weight excluding hydrogens is 218 g/mol. The van der Waals surface area contributed by atoms with E-state index in [1.54, 1.807) is 0 Å². The van der Waals surface area contributed by atoms with E-state index in [0.717, 1.165) is 5.69 Å². The molecule has 0 bridgehead atoms. The molecule has 0 aliphatic rings. The molecule has 0 spiro atoms. The molecule has 0 saturated heterocycles. The van der Waals surface area contributed by atoms with Crippen LogP contribution in [-0.4, -0.2) is 23.1 Å². The SMILES string of the molecule is OC(CBr)CNc1ccccc1. The third-order valence-corrected chi connectivity index (χ3v) is 2.24. The molecule has 0 heterocycles. The minimum Gasteiger partial charge on any atom is -0.390 e. The van der Waals surface area contributed by atoms with E-state index < -0.39 is 0 Å². The maximum absolute atomic E-state index is 9.21. The Bertz CT molecular complexity index is 215. The molecule has 1 atom stereocenters. The number of anilines is 1. The highest BCUT2D eigenvalue weighted by Crippen LogP contribution is 2.04. The van der Waals surface area contributed by atoms with Crippen LogP contribution in [0.4, 0.5) is 5.69 Å². The number of alkyl halides is 1. The first kappa shape index (κ1) is 9.55. The molecule has 0 fully saturated rings. The van der Waals surface area contributed by atoms with Crippen molar-refractivity contribution in [3.05, 3.63) is 30.3 Å². The van der Waals surface area contributed by atoms with Crippen LogP contribution in [0.5, 0.6) is 0 Å². The van der Waals surface area contributed by atoms with Gasteiger partial charge in [-0.25, -0.2) is 0 Å². The predicted octanol–water partition coefficient (Wildman–Crippen LogP) is 1.85. The third-order valence-electron chi connectivity index (χ3n) is 1.49. The lowest BCUT2D eigenvalue weighted by molar-refractivity contribution is 0.214. The molecule has 1 aromatic carbocycles. The Morgan fingerprint density at radius 2 is 2.00 bits per heavy atom. The van der Waals surface area contributed by atoms with E-state index in [2.05, 4.69) is 21.2 Å². The highest BCUT2D eigenvalue weighted by molar-refractivity contribution is 9.09. The fraction of sp³-hybridized carbons (Fsp3) is 0.333. The van der Waals surface area contributed by atoms with Crippen LogP contribution in [0.1, 0.15) is 0 Å². The van der Waals surface area contributed by atoms with E-state index in [1.807, 2.05) is 30.3 Å². The van der Waals surface area contributed by atoms with Crippen LogP contribution in [-0.2, 0) is 0 Å². The number of benzene rings is 1. The number of hydrogen-bond acceptors (Lipinski definition) is 2. The number of hydrogen-bond donors (Lipinski definition) is 2. The normalized spacial score (nSPS) is 12.5. The molecule has 2 nitrogen and oxygen atoms in total. The predicted molar refractivity (Wildman–Crippen MR) is 54.7 cm³/mol. The van der Waals surface area contributed by atoms with Crippen LogP contribution in [0.15, 0.2) is 30.3 Å². The van der Waals surface area contributed by atoms with Crippen molar-refractivity contribution in [3.8, 4) is 0 Å². The Morgan fingerprint density at radius 3 is 2.58 bits per heavy atom. The fourth-order valence-electron chi connectivity index (χ4n) is 0.846. The molecule has 2 N–H and O–H groups in total. The molecule has 0 saturated carbocycles. The van der Waals surface area contributed by atoms with E-state index in [4.69, 9.17) is 0 Å². The lowest BCUT2D eigenvalue weighted by Gasteiger charge is -2.09. The highest BCUT2D eigenvalue weighted by atomic mass is 79.9. The van der Waals surface area contributed by atoms with E-state index >= 15 is 0 Å². The molecule has 1 rings (SSSR count). The van der Waals surface area contributed by atoms with Crippen molar-refractivity contribution in [2.24, 2.45) is 0 Å². The summed E-state index contributed by atoms with van der Waals surface area (Å²) < 4.78 is 0. The summed E-state index contributed by atoms with van der Waals surface area (Å²) >= 11 is 3.20. The van der Waals surface area contributed by atoms with E-state index in [9.17, 15) is 5.11 Å². The summed E-state index contributed by atoms with van der Waals surface area (Å²) in [6.07, 6.45) is -0.329. The molecule has 0 amide bonds. The van der Waals surface area contributed by atoms with Crippen LogP contribution >= 0.6 is 15.9 Å². The number of aliphatic hydroxyl groups is 1. The van der Waals surface area contributed by atoms with Gasteiger partial charge in [0.15, 0.2) is 0 Å². The van der Waals surface area contributed by atoms with E-state index in [0.29, 0.717) is 11.9 Å². The minimum absolute atomic E-state index is 0.329. The van der Waals surface area contributed by atoms with Gasteiger partial charge >= 0.3 is 0 Å². The quantitative estimate of drug-likeness (QED) is 0.773. The fourth-order valence-corrected chi connectivity index (χ4v) is 1.08. The van der Waals surface area contributed by atoms with Crippen molar-refractivity contribution in [3.63, 3.8) is 0 Å².